The highest BCUT2D eigenvalue weighted by Gasteiger charge is 2.18. The van der Waals surface area contributed by atoms with Crippen LogP contribution >= 0.6 is 11.6 Å². The van der Waals surface area contributed by atoms with Crippen molar-refractivity contribution in [2.45, 2.75) is 26.5 Å². The number of hydrogen-bond acceptors (Lipinski definition) is 0. The first-order valence-corrected chi connectivity index (χ1v) is 3.93. The molecule has 0 aromatic rings. The summed E-state index contributed by atoms with van der Waals surface area (Å²) in [6.07, 6.45) is 4.58. The summed E-state index contributed by atoms with van der Waals surface area (Å²) >= 11 is 5.89. The highest BCUT2D eigenvalue weighted by Crippen LogP contribution is 2.25. The smallest absolute Gasteiger partial charge is 0.100 e. The normalized spacial score (nSPS) is 28.1. The molecule has 1 aliphatic rings. The Morgan fingerprint density at radius 1 is 1.78 bits per heavy atom. The summed E-state index contributed by atoms with van der Waals surface area (Å²) in [4.78, 5) is 1.06. The molecule has 9 heavy (non-hydrogen) atoms. The average molecular weight is 142 g/mol. The van der Waals surface area contributed by atoms with Crippen LogP contribution in [0.4, 0.5) is 0 Å². The summed E-state index contributed by atoms with van der Waals surface area (Å²) < 4.78 is 0. The lowest BCUT2D eigenvalue weighted by atomic mass is 9.45. The quantitative estimate of drug-likeness (QED) is 0.456. The van der Waals surface area contributed by atoms with Gasteiger partial charge in [0.2, 0.25) is 0 Å². The molecule has 1 aliphatic heterocycles. The van der Waals surface area contributed by atoms with Gasteiger partial charge in [0.15, 0.2) is 6.71 Å². The molecule has 0 aliphatic carbocycles. The molecule has 0 fully saturated rings. The molecule has 0 aromatic heterocycles. The van der Waals surface area contributed by atoms with Crippen LogP contribution in [0.5, 0.6) is 0 Å². The van der Waals surface area contributed by atoms with E-state index in [4.69, 9.17) is 11.6 Å². The molecule has 0 amide bonds. The Kier molecular flexibility index (Phi) is 2.23. The summed E-state index contributed by atoms with van der Waals surface area (Å²) in [6.45, 7) is 5.07. The van der Waals surface area contributed by atoms with Crippen LogP contribution in [0, 0.1) is 5.92 Å². The van der Waals surface area contributed by atoms with Gasteiger partial charge in [0.25, 0.3) is 0 Å². The van der Waals surface area contributed by atoms with E-state index in [1.807, 2.05) is 0 Å². The van der Waals surface area contributed by atoms with Crippen molar-refractivity contribution in [1.82, 2.24) is 0 Å². The molecule has 2 heteroatoms. The number of rotatable bonds is 0. The maximum atomic E-state index is 5.89. The van der Waals surface area contributed by atoms with Gasteiger partial charge in [-0.1, -0.05) is 26.1 Å². The zero-order valence-corrected chi connectivity index (χ0v) is 6.78. The molecule has 0 saturated heterocycles. The molecule has 0 N–H and O–H groups in total. The fourth-order valence-electron chi connectivity index (χ4n) is 1.33. The first-order valence-electron chi connectivity index (χ1n) is 3.55. The van der Waals surface area contributed by atoms with Crippen molar-refractivity contribution >= 4 is 18.3 Å². The van der Waals surface area contributed by atoms with E-state index in [-0.39, 0.29) is 0 Å². The van der Waals surface area contributed by atoms with E-state index in [1.54, 1.807) is 0 Å². The molecule has 1 heterocycles. The van der Waals surface area contributed by atoms with Crippen LogP contribution in [-0.2, 0) is 0 Å². The van der Waals surface area contributed by atoms with Crippen LogP contribution in [0.15, 0.2) is 11.0 Å². The van der Waals surface area contributed by atoms with Gasteiger partial charge >= 0.3 is 0 Å². The first-order chi connectivity index (χ1) is 4.20. The molecule has 0 radical (unpaired) electrons. The standard InChI is InChI=1S/C7H12BCl/c1-6-3-4-7(9)8(2)5-6/h4,6H,3,5H2,1-2H3. The van der Waals surface area contributed by atoms with Crippen molar-refractivity contribution in [2.75, 3.05) is 0 Å². The van der Waals surface area contributed by atoms with E-state index < -0.39 is 0 Å². The molecular weight excluding hydrogens is 130 g/mol. The number of halogens is 1. The predicted octanol–water partition coefficient (Wildman–Crippen LogP) is 2.81. The minimum atomic E-state index is 0.607. The van der Waals surface area contributed by atoms with Crippen molar-refractivity contribution in [1.29, 1.82) is 0 Å². The fraction of sp³-hybridized carbons (Fsp3) is 0.714. The van der Waals surface area contributed by atoms with Gasteiger partial charge in [-0.15, -0.1) is 11.6 Å². The maximum absolute atomic E-state index is 5.89. The van der Waals surface area contributed by atoms with Crippen LogP contribution in [-0.4, -0.2) is 6.71 Å². The minimum absolute atomic E-state index is 0.607. The molecule has 50 valence electrons. The number of hydrogen-bond donors (Lipinski definition) is 0. The van der Waals surface area contributed by atoms with Gasteiger partial charge < -0.3 is 0 Å². The molecular formula is C7H12BCl. The van der Waals surface area contributed by atoms with E-state index >= 15 is 0 Å². The summed E-state index contributed by atoms with van der Waals surface area (Å²) in [7, 11) is 0. The summed E-state index contributed by atoms with van der Waals surface area (Å²) in [6, 6.07) is 0. The highest BCUT2D eigenvalue weighted by atomic mass is 35.5. The van der Waals surface area contributed by atoms with Gasteiger partial charge in [0, 0.05) is 0 Å². The molecule has 0 bridgehead atoms. The highest BCUT2D eigenvalue weighted by molar-refractivity contribution is 6.77. The second-order valence-electron chi connectivity index (χ2n) is 3.07. The van der Waals surface area contributed by atoms with Gasteiger partial charge in [0.1, 0.15) is 0 Å². The largest absolute Gasteiger partial charge is 0.187 e. The lowest BCUT2D eigenvalue weighted by Crippen LogP contribution is -2.16. The van der Waals surface area contributed by atoms with E-state index in [0.29, 0.717) is 6.71 Å². The second-order valence-corrected chi connectivity index (χ2v) is 3.50. The Labute approximate surface area is 62.4 Å². The van der Waals surface area contributed by atoms with Gasteiger partial charge in [-0.2, -0.15) is 0 Å². The summed E-state index contributed by atoms with van der Waals surface area (Å²) in [5.74, 6) is 0.836. The summed E-state index contributed by atoms with van der Waals surface area (Å²) in [5, 5.41) is 0. The zero-order chi connectivity index (χ0) is 6.85. The molecule has 0 spiro atoms. The average Bonchev–Trinajstić information content (AvgIpc) is 1.80. The van der Waals surface area contributed by atoms with E-state index in [1.165, 1.54) is 12.7 Å². The lowest BCUT2D eigenvalue weighted by Gasteiger charge is -2.18. The molecule has 0 nitrogen and oxygen atoms in total. The van der Waals surface area contributed by atoms with Crippen LogP contribution in [0.2, 0.25) is 13.1 Å². The van der Waals surface area contributed by atoms with Gasteiger partial charge in [-0.25, -0.2) is 0 Å². The van der Waals surface area contributed by atoms with E-state index in [2.05, 4.69) is 19.8 Å². The Bertz CT molecular complexity index is 131. The van der Waals surface area contributed by atoms with Gasteiger partial charge in [-0.05, 0) is 17.3 Å². The van der Waals surface area contributed by atoms with Gasteiger partial charge in [-0.3, -0.25) is 0 Å². The molecule has 0 saturated carbocycles. The predicted molar refractivity (Wildman–Crippen MR) is 44.1 cm³/mol. The monoisotopic (exact) mass is 142 g/mol. The zero-order valence-electron chi connectivity index (χ0n) is 6.02. The van der Waals surface area contributed by atoms with Crippen molar-refractivity contribution in [2.24, 2.45) is 5.92 Å². The first kappa shape index (κ1) is 7.20. The molecule has 1 atom stereocenters. The Hall–Kier alpha value is 0.0949. The van der Waals surface area contributed by atoms with Gasteiger partial charge in [0.05, 0.1) is 0 Å². The van der Waals surface area contributed by atoms with Crippen molar-refractivity contribution < 1.29 is 0 Å². The van der Waals surface area contributed by atoms with E-state index in [0.717, 1.165) is 10.8 Å². The van der Waals surface area contributed by atoms with Crippen molar-refractivity contribution in [3.8, 4) is 0 Å². The fourth-order valence-corrected chi connectivity index (χ4v) is 1.51. The Morgan fingerprint density at radius 3 is 2.89 bits per heavy atom. The lowest BCUT2D eigenvalue weighted by molar-refractivity contribution is 0.649. The van der Waals surface area contributed by atoms with Crippen molar-refractivity contribution in [3.63, 3.8) is 0 Å². The molecule has 1 unspecified atom stereocenters. The summed E-state index contributed by atoms with van der Waals surface area (Å²) in [5.41, 5.74) is 0. The molecule has 0 aromatic carbocycles. The topological polar surface area (TPSA) is 0 Å². The number of allylic oxidation sites excluding steroid dienone is 1. The maximum Gasteiger partial charge on any atom is 0.187 e. The third-order valence-corrected chi connectivity index (χ3v) is 2.47. The third kappa shape index (κ3) is 1.75. The van der Waals surface area contributed by atoms with Crippen LogP contribution in [0.3, 0.4) is 0 Å². The Balaban J connectivity index is 2.56. The SMILES string of the molecule is CB1CC(C)CC=C1Cl. The van der Waals surface area contributed by atoms with E-state index in [9.17, 15) is 0 Å². The van der Waals surface area contributed by atoms with Crippen LogP contribution in [0.1, 0.15) is 13.3 Å². The second kappa shape index (κ2) is 2.79. The Morgan fingerprint density at radius 2 is 2.44 bits per heavy atom. The molecule has 1 rings (SSSR count). The minimum Gasteiger partial charge on any atom is -0.100 e. The van der Waals surface area contributed by atoms with Crippen molar-refractivity contribution in [3.05, 3.63) is 11.0 Å². The third-order valence-electron chi connectivity index (χ3n) is 1.94. The van der Waals surface area contributed by atoms with Crippen LogP contribution in [0.25, 0.3) is 0 Å². The van der Waals surface area contributed by atoms with Crippen LogP contribution < -0.4 is 0 Å².